The van der Waals surface area contributed by atoms with Crippen molar-refractivity contribution >= 4 is 69.3 Å². The second-order valence-electron chi connectivity index (χ2n) is 7.82. The van der Waals surface area contributed by atoms with E-state index in [0.717, 1.165) is 54.6 Å². The van der Waals surface area contributed by atoms with Crippen LogP contribution in [0.1, 0.15) is 23.0 Å². The summed E-state index contributed by atoms with van der Waals surface area (Å²) in [4.78, 5) is 28.4. The molecule has 2 aliphatic heterocycles. The fraction of sp³-hybridized carbons (Fsp3) is 0. The van der Waals surface area contributed by atoms with E-state index in [0.29, 0.717) is 11.6 Å². The van der Waals surface area contributed by atoms with E-state index in [1.54, 1.807) is 22.7 Å². The Morgan fingerprint density at radius 2 is 1.06 bits per heavy atom. The Bertz CT molecular complexity index is 1660. The summed E-state index contributed by atoms with van der Waals surface area (Å²) in [5.74, 6) is 1.31. The number of nitrogens with zero attached hydrogens (tertiary/aromatic N) is 4. The maximum absolute atomic E-state index is 4.83. The van der Waals surface area contributed by atoms with Crippen molar-refractivity contribution in [2.75, 3.05) is 0 Å². The Labute approximate surface area is 202 Å². The van der Waals surface area contributed by atoms with Crippen LogP contribution in [-0.4, -0.2) is 29.9 Å². The molecule has 8 heteroatoms. The summed E-state index contributed by atoms with van der Waals surface area (Å²) in [6, 6.07) is 16.4. The molecule has 7 heterocycles. The number of aromatic amines is 2. The molecular weight excluding hydrogens is 460 g/mol. The standard InChI is InChI=1S/C26H16N6S2/c1-3-19(33-13-1)25-15-5-9-21(27-15)31-23-11-7-17(29-23)26(20-4-2-14-34-20)18-8-12-24(30-18)32-22-10-6-16(25)28-22/h1-14H,(H,27,29,31)(H,28,30,32). The zero-order chi connectivity index (χ0) is 22.5. The van der Waals surface area contributed by atoms with Crippen molar-refractivity contribution in [2.24, 2.45) is 0 Å². The highest BCUT2D eigenvalue weighted by molar-refractivity contribution is 7.14. The van der Waals surface area contributed by atoms with E-state index < -0.39 is 0 Å². The van der Waals surface area contributed by atoms with Gasteiger partial charge in [0.2, 0.25) is 0 Å². The minimum Gasteiger partial charge on any atom is -0.340 e. The minimum atomic E-state index is 0.654. The average Bonchev–Trinajstić information content (AvgIpc) is 3.67. The van der Waals surface area contributed by atoms with Gasteiger partial charge in [0.25, 0.3) is 0 Å². The smallest absolute Gasteiger partial charge is 0.155 e. The van der Waals surface area contributed by atoms with Crippen LogP contribution in [0.5, 0.6) is 0 Å². The first-order valence-corrected chi connectivity index (χ1v) is 12.5. The number of nitrogens with one attached hydrogen (secondary N) is 2. The summed E-state index contributed by atoms with van der Waals surface area (Å²) in [5.41, 5.74) is 7.21. The number of rotatable bonds is 2. The highest BCUT2D eigenvalue weighted by Crippen LogP contribution is 2.34. The van der Waals surface area contributed by atoms with Crippen molar-refractivity contribution < 1.29 is 0 Å². The molecule has 0 radical (unpaired) electrons. The molecule has 0 unspecified atom stereocenters. The molecule has 5 aromatic heterocycles. The Morgan fingerprint density at radius 1 is 0.529 bits per heavy atom. The molecule has 2 N–H and O–H groups in total. The van der Waals surface area contributed by atoms with Gasteiger partial charge in [-0.15, -0.1) is 22.7 Å². The zero-order valence-corrected chi connectivity index (χ0v) is 19.3. The maximum Gasteiger partial charge on any atom is 0.155 e. The Kier molecular flexibility index (Phi) is 4.39. The highest BCUT2D eigenvalue weighted by atomic mass is 32.1. The number of H-pyrrole nitrogens is 2. The summed E-state index contributed by atoms with van der Waals surface area (Å²) in [6.07, 6.45) is 7.88. The quantitative estimate of drug-likeness (QED) is 0.284. The second kappa shape index (κ2) is 7.72. The fourth-order valence-electron chi connectivity index (χ4n) is 4.18. The topological polar surface area (TPSA) is 83.1 Å². The van der Waals surface area contributed by atoms with E-state index in [1.165, 1.54) is 0 Å². The summed E-state index contributed by atoms with van der Waals surface area (Å²) in [6.45, 7) is 0. The monoisotopic (exact) mass is 476 g/mol. The number of aromatic nitrogens is 6. The summed E-state index contributed by atoms with van der Waals surface area (Å²) in [7, 11) is 0. The van der Waals surface area contributed by atoms with Crippen LogP contribution in [0, 0.1) is 0 Å². The molecule has 6 nitrogen and oxygen atoms in total. The molecule has 0 spiro atoms. The van der Waals surface area contributed by atoms with Gasteiger partial charge >= 0.3 is 0 Å². The van der Waals surface area contributed by atoms with Crippen molar-refractivity contribution in [2.45, 2.75) is 0 Å². The van der Waals surface area contributed by atoms with Gasteiger partial charge in [-0.25, -0.2) is 19.9 Å². The third kappa shape index (κ3) is 3.32. The molecule has 0 fully saturated rings. The molecule has 5 aromatic rings. The molecule has 0 aliphatic carbocycles. The maximum atomic E-state index is 4.83. The normalized spacial score (nSPS) is 12.5. The first-order valence-electron chi connectivity index (χ1n) is 10.7. The van der Waals surface area contributed by atoms with E-state index in [-0.39, 0.29) is 0 Å². The molecule has 0 atom stereocenters. The second-order valence-corrected chi connectivity index (χ2v) is 9.72. The third-order valence-electron chi connectivity index (χ3n) is 5.65. The molecule has 0 amide bonds. The van der Waals surface area contributed by atoms with Gasteiger partial charge in [0, 0.05) is 20.9 Å². The SMILES string of the molecule is C1=Cc2nc1nc1ccc([nH]1)c(-c1cccs1)c1ccc(nc3nc(c2-c2cccs2)C=C3)[nH]1. The van der Waals surface area contributed by atoms with Crippen LogP contribution in [0.15, 0.2) is 59.3 Å². The first kappa shape index (κ1) is 19.3. The Hall–Kier alpha value is -4.14. The van der Waals surface area contributed by atoms with E-state index in [9.17, 15) is 0 Å². The lowest BCUT2D eigenvalue weighted by Gasteiger charge is -2.00. The highest BCUT2D eigenvalue weighted by Gasteiger charge is 2.15. The van der Waals surface area contributed by atoms with Gasteiger partial charge in [0.15, 0.2) is 11.6 Å². The van der Waals surface area contributed by atoms with Gasteiger partial charge in [-0.3, -0.25) is 0 Å². The summed E-state index contributed by atoms with van der Waals surface area (Å²) >= 11 is 3.36. The van der Waals surface area contributed by atoms with E-state index in [2.05, 4.69) is 51.1 Å². The molecule has 7 rings (SSSR count). The number of hydrogen-bond donors (Lipinski definition) is 2. The third-order valence-corrected chi connectivity index (χ3v) is 7.42. The zero-order valence-electron chi connectivity index (χ0n) is 17.7. The van der Waals surface area contributed by atoms with Crippen LogP contribution >= 0.6 is 22.7 Å². The van der Waals surface area contributed by atoms with Crippen LogP contribution in [0.4, 0.5) is 0 Å². The average molecular weight is 477 g/mol. The molecule has 8 bridgehead atoms. The Morgan fingerprint density at radius 3 is 1.56 bits per heavy atom. The van der Waals surface area contributed by atoms with Crippen LogP contribution < -0.4 is 0 Å². The van der Waals surface area contributed by atoms with Crippen molar-refractivity contribution in [1.29, 1.82) is 0 Å². The van der Waals surface area contributed by atoms with Gasteiger partial charge < -0.3 is 9.97 Å². The van der Waals surface area contributed by atoms with Gasteiger partial charge in [-0.2, -0.15) is 0 Å². The molecule has 0 saturated heterocycles. The minimum absolute atomic E-state index is 0.654. The van der Waals surface area contributed by atoms with Crippen molar-refractivity contribution in [3.8, 4) is 20.9 Å². The van der Waals surface area contributed by atoms with Crippen LogP contribution in [0.2, 0.25) is 0 Å². The molecule has 162 valence electrons. The predicted octanol–water partition coefficient (Wildman–Crippen LogP) is 6.90. The first-order chi connectivity index (χ1) is 16.8. The number of fused-ring (bicyclic) bond motifs is 8. The molecule has 0 aromatic carbocycles. The summed E-state index contributed by atoms with van der Waals surface area (Å²) in [5, 5.41) is 4.14. The number of thiophene rings is 2. The lowest BCUT2D eigenvalue weighted by Crippen LogP contribution is -1.88. The van der Waals surface area contributed by atoms with Crippen LogP contribution in [0.25, 0.3) is 67.5 Å². The van der Waals surface area contributed by atoms with Crippen molar-refractivity contribution in [3.05, 3.63) is 82.3 Å². The van der Waals surface area contributed by atoms with E-state index in [1.807, 2.05) is 42.5 Å². The summed E-state index contributed by atoms with van der Waals surface area (Å²) < 4.78 is 0. The van der Waals surface area contributed by atoms with Crippen LogP contribution in [-0.2, 0) is 0 Å². The lowest BCUT2D eigenvalue weighted by molar-refractivity contribution is 1.17. The lowest BCUT2D eigenvalue weighted by atomic mass is 10.1. The van der Waals surface area contributed by atoms with E-state index in [4.69, 9.17) is 19.9 Å². The van der Waals surface area contributed by atoms with Crippen molar-refractivity contribution in [1.82, 2.24) is 29.9 Å². The molecule has 34 heavy (non-hydrogen) atoms. The van der Waals surface area contributed by atoms with Gasteiger partial charge in [-0.1, -0.05) is 12.1 Å². The van der Waals surface area contributed by atoms with E-state index >= 15 is 0 Å². The largest absolute Gasteiger partial charge is 0.340 e. The van der Waals surface area contributed by atoms with Gasteiger partial charge in [-0.05, 0) is 71.5 Å². The van der Waals surface area contributed by atoms with Gasteiger partial charge in [0.05, 0.1) is 22.4 Å². The predicted molar refractivity (Wildman–Crippen MR) is 141 cm³/mol. The van der Waals surface area contributed by atoms with Gasteiger partial charge in [0.1, 0.15) is 11.3 Å². The molecular formula is C26H16N6S2. The fourth-order valence-corrected chi connectivity index (χ4v) is 5.76. The molecule has 2 aliphatic rings. The Balaban J connectivity index is 1.60. The van der Waals surface area contributed by atoms with Crippen molar-refractivity contribution in [3.63, 3.8) is 0 Å². The van der Waals surface area contributed by atoms with Crippen LogP contribution in [0.3, 0.4) is 0 Å². The molecule has 0 saturated carbocycles. The number of hydrogen-bond acceptors (Lipinski definition) is 6.